The number of furan rings is 1. The number of nitrogens with one attached hydrogen (secondary N) is 1. The summed E-state index contributed by atoms with van der Waals surface area (Å²) in [4.78, 5) is 11.6. The Kier molecular flexibility index (Phi) is 4.24. The van der Waals surface area contributed by atoms with Crippen LogP contribution >= 0.6 is 23.2 Å². The largest absolute Gasteiger partial charge is 0.459 e. The molecule has 0 aliphatic rings. The Hall–Kier alpha value is -1.78. The molecule has 0 aliphatic heterocycles. The van der Waals surface area contributed by atoms with Gasteiger partial charge in [-0.2, -0.15) is 5.10 Å². The summed E-state index contributed by atoms with van der Waals surface area (Å²) in [5.41, 5.74) is 3.66. The van der Waals surface area contributed by atoms with Gasteiger partial charge in [0.2, 0.25) is 0 Å². The van der Waals surface area contributed by atoms with Crippen LogP contribution in [0.3, 0.4) is 0 Å². The molecule has 0 spiro atoms. The van der Waals surface area contributed by atoms with E-state index < -0.39 is 5.91 Å². The lowest BCUT2D eigenvalue weighted by Gasteiger charge is -2.04. The molecule has 1 N–H and O–H groups in total. The second-order valence-corrected chi connectivity index (χ2v) is 4.58. The Morgan fingerprint density at radius 3 is 2.74 bits per heavy atom. The Labute approximate surface area is 120 Å². The SMILES string of the molecule is CC(=NNC(=O)c1ccco1)c1ccc(Cl)cc1Cl. The van der Waals surface area contributed by atoms with E-state index >= 15 is 0 Å². The average Bonchev–Trinajstić information content (AvgIpc) is 2.89. The molecule has 4 nitrogen and oxygen atoms in total. The van der Waals surface area contributed by atoms with Gasteiger partial charge in [-0.3, -0.25) is 4.79 Å². The Bertz CT molecular complexity index is 622. The molecular formula is C13H10Cl2N2O2. The van der Waals surface area contributed by atoms with Gasteiger partial charge in [-0.05, 0) is 31.2 Å². The molecule has 0 saturated carbocycles. The van der Waals surface area contributed by atoms with Crippen LogP contribution in [0.15, 0.2) is 46.1 Å². The number of benzene rings is 1. The number of carbonyl (C=O) groups excluding carboxylic acids is 1. The molecule has 2 aromatic rings. The van der Waals surface area contributed by atoms with E-state index in [1.54, 1.807) is 37.3 Å². The van der Waals surface area contributed by atoms with E-state index in [0.29, 0.717) is 21.3 Å². The Morgan fingerprint density at radius 2 is 2.11 bits per heavy atom. The zero-order valence-electron chi connectivity index (χ0n) is 9.98. The first-order chi connectivity index (χ1) is 9.08. The van der Waals surface area contributed by atoms with Crippen molar-refractivity contribution in [2.24, 2.45) is 5.10 Å². The predicted octanol–water partition coefficient (Wildman–Crippen LogP) is 3.74. The van der Waals surface area contributed by atoms with Gasteiger partial charge in [0.15, 0.2) is 5.76 Å². The maximum absolute atomic E-state index is 11.6. The van der Waals surface area contributed by atoms with Crippen LogP contribution in [-0.4, -0.2) is 11.6 Å². The van der Waals surface area contributed by atoms with Crippen LogP contribution in [0.2, 0.25) is 10.0 Å². The van der Waals surface area contributed by atoms with E-state index in [1.165, 1.54) is 6.26 Å². The number of hydrogen-bond donors (Lipinski definition) is 1. The van der Waals surface area contributed by atoms with Crippen molar-refractivity contribution in [3.05, 3.63) is 58.0 Å². The van der Waals surface area contributed by atoms with Crippen molar-refractivity contribution >= 4 is 34.8 Å². The van der Waals surface area contributed by atoms with Crippen molar-refractivity contribution in [3.63, 3.8) is 0 Å². The summed E-state index contributed by atoms with van der Waals surface area (Å²) in [6, 6.07) is 8.24. The number of hydrogen-bond acceptors (Lipinski definition) is 3. The number of carbonyl (C=O) groups is 1. The van der Waals surface area contributed by atoms with E-state index in [9.17, 15) is 4.79 Å². The molecule has 1 amide bonds. The van der Waals surface area contributed by atoms with E-state index in [2.05, 4.69) is 10.5 Å². The fourth-order valence-corrected chi connectivity index (χ4v) is 1.99. The Balaban J connectivity index is 2.13. The van der Waals surface area contributed by atoms with Gasteiger partial charge < -0.3 is 4.42 Å². The third-order valence-corrected chi connectivity index (χ3v) is 2.94. The van der Waals surface area contributed by atoms with E-state index in [4.69, 9.17) is 27.6 Å². The average molecular weight is 297 g/mol. The highest BCUT2D eigenvalue weighted by Crippen LogP contribution is 2.21. The third-order valence-electron chi connectivity index (χ3n) is 2.39. The molecule has 19 heavy (non-hydrogen) atoms. The first kappa shape index (κ1) is 13.6. The molecule has 0 saturated heterocycles. The maximum Gasteiger partial charge on any atom is 0.307 e. The molecule has 1 heterocycles. The standard InChI is InChI=1S/C13H10Cl2N2O2/c1-8(10-5-4-9(14)7-11(10)15)16-17-13(18)12-3-2-6-19-12/h2-7H,1H3,(H,17,18). The molecule has 0 radical (unpaired) electrons. The molecule has 1 aromatic heterocycles. The summed E-state index contributed by atoms with van der Waals surface area (Å²) < 4.78 is 4.95. The maximum atomic E-state index is 11.6. The molecule has 0 bridgehead atoms. The second kappa shape index (κ2) is 5.91. The number of hydrazone groups is 1. The molecule has 1 aromatic carbocycles. The summed E-state index contributed by atoms with van der Waals surface area (Å²) in [7, 11) is 0. The highest BCUT2D eigenvalue weighted by molar-refractivity contribution is 6.37. The summed E-state index contributed by atoms with van der Waals surface area (Å²) in [5, 5.41) is 4.99. The van der Waals surface area contributed by atoms with Crippen LogP contribution in [0.5, 0.6) is 0 Å². The highest BCUT2D eigenvalue weighted by Gasteiger charge is 2.08. The van der Waals surface area contributed by atoms with E-state index in [1.807, 2.05) is 0 Å². The lowest BCUT2D eigenvalue weighted by atomic mass is 10.1. The smallest absolute Gasteiger partial charge is 0.307 e. The summed E-state index contributed by atoms with van der Waals surface area (Å²) in [6.07, 6.45) is 1.42. The van der Waals surface area contributed by atoms with Crippen molar-refractivity contribution < 1.29 is 9.21 Å². The van der Waals surface area contributed by atoms with Crippen molar-refractivity contribution in [1.29, 1.82) is 0 Å². The Morgan fingerprint density at radius 1 is 1.32 bits per heavy atom. The van der Waals surface area contributed by atoms with Crippen LogP contribution in [0.25, 0.3) is 0 Å². The van der Waals surface area contributed by atoms with Crippen molar-refractivity contribution in [2.45, 2.75) is 6.92 Å². The van der Waals surface area contributed by atoms with Crippen LogP contribution < -0.4 is 5.43 Å². The van der Waals surface area contributed by atoms with Gasteiger partial charge >= 0.3 is 5.91 Å². The molecule has 2 rings (SSSR count). The lowest BCUT2D eigenvalue weighted by molar-refractivity contribution is 0.0927. The molecule has 6 heteroatoms. The molecule has 0 fully saturated rings. The summed E-state index contributed by atoms with van der Waals surface area (Å²) in [6.45, 7) is 1.73. The van der Waals surface area contributed by atoms with Gasteiger partial charge in [-0.15, -0.1) is 0 Å². The minimum atomic E-state index is -0.422. The minimum absolute atomic E-state index is 0.193. The van der Waals surface area contributed by atoms with Crippen LogP contribution in [-0.2, 0) is 0 Å². The fraction of sp³-hybridized carbons (Fsp3) is 0.0769. The van der Waals surface area contributed by atoms with Crippen molar-refractivity contribution in [3.8, 4) is 0 Å². The van der Waals surface area contributed by atoms with Crippen LogP contribution in [0.1, 0.15) is 23.0 Å². The number of rotatable bonds is 3. The predicted molar refractivity (Wildman–Crippen MR) is 74.8 cm³/mol. The molecule has 0 unspecified atom stereocenters. The zero-order chi connectivity index (χ0) is 13.8. The first-order valence-corrected chi connectivity index (χ1v) is 6.17. The van der Waals surface area contributed by atoms with Crippen LogP contribution in [0, 0.1) is 0 Å². The zero-order valence-corrected chi connectivity index (χ0v) is 11.5. The number of halogens is 2. The quantitative estimate of drug-likeness (QED) is 0.693. The minimum Gasteiger partial charge on any atom is -0.459 e. The summed E-state index contributed by atoms with van der Waals surface area (Å²) in [5.74, 6) is -0.229. The topological polar surface area (TPSA) is 54.6 Å². The first-order valence-electron chi connectivity index (χ1n) is 5.41. The van der Waals surface area contributed by atoms with Gasteiger partial charge in [0.05, 0.1) is 17.0 Å². The van der Waals surface area contributed by atoms with Crippen LogP contribution in [0.4, 0.5) is 0 Å². The van der Waals surface area contributed by atoms with Gasteiger partial charge in [0.1, 0.15) is 0 Å². The van der Waals surface area contributed by atoms with Gasteiger partial charge in [-0.25, -0.2) is 5.43 Å². The highest BCUT2D eigenvalue weighted by atomic mass is 35.5. The van der Waals surface area contributed by atoms with E-state index in [-0.39, 0.29) is 5.76 Å². The lowest BCUT2D eigenvalue weighted by Crippen LogP contribution is -2.18. The number of nitrogens with zero attached hydrogens (tertiary/aromatic N) is 1. The number of amides is 1. The second-order valence-electron chi connectivity index (χ2n) is 3.74. The van der Waals surface area contributed by atoms with Gasteiger partial charge in [0, 0.05) is 10.6 Å². The van der Waals surface area contributed by atoms with Gasteiger partial charge in [-0.1, -0.05) is 29.3 Å². The van der Waals surface area contributed by atoms with Gasteiger partial charge in [0.25, 0.3) is 0 Å². The molecular weight excluding hydrogens is 287 g/mol. The normalized spacial score (nSPS) is 11.4. The molecule has 0 atom stereocenters. The van der Waals surface area contributed by atoms with Crippen molar-refractivity contribution in [1.82, 2.24) is 5.43 Å². The monoisotopic (exact) mass is 296 g/mol. The van der Waals surface area contributed by atoms with E-state index in [0.717, 1.165) is 0 Å². The van der Waals surface area contributed by atoms with Crippen molar-refractivity contribution in [2.75, 3.05) is 0 Å². The summed E-state index contributed by atoms with van der Waals surface area (Å²) >= 11 is 11.9. The third kappa shape index (κ3) is 3.36. The molecule has 0 aliphatic carbocycles. The fourth-order valence-electron chi connectivity index (χ4n) is 1.44. The molecule has 98 valence electrons.